The minimum absolute atomic E-state index is 0.0409. The van der Waals surface area contributed by atoms with E-state index in [1.165, 1.54) is 45.2 Å². The number of carbonyl (C=O) groups excluding carboxylic acids is 1. The van der Waals surface area contributed by atoms with Crippen LogP contribution < -0.4 is 4.74 Å². The number of nitrogens with zero attached hydrogens (tertiary/aromatic N) is 2. The van der Waals surface area contributed by atoms with Crippen LogP contribution in [0.3, 0.4) is 0 Å². The number of hydrogen-bond acceptors (Lipinski definition) is 7. The molecule has 0 fully saturated rings. The SMILES string of the molecule is CCOC(=O)Cc1ccc(C)cc1OCc1cc(-c2ccnc(C=NS(=O)(=O)C(C)(C)C)c2F)c2occ(C(F)(F)F)c2c1. The van der Waals surface area contributed by atoms with Gasteiger partial charge in [0.15, 0.2) is 5.82 Å². The van der Waals surface area contributed by atoms with E-state index in [4.69, 9.17) is 13.9 Å². The first-order valence-electron chi connectivity index (χ1n) is 13.5. The average Bonchev–Trinajstić information content (AvgIpc) is 3.37. The Labute approximate surface area is 251 Å². The Morgan fingerprint density at radius 3 is 2.48 bits per heavy atom. The van der Waals surface area contributed by atoms with Gasteiger partial charge in [-0.1, -0.05) is 12.1 Å². The van der Waals surface area contributed by atoms with Gasteiger partial charge < -0.3 is 13.9 Å². The number of benzene rings is 2. The molecule has 0 amide bonds. The Hall–Kier alpha value is -4.26. The standard InChI is InChI=1S/C31H30F4N2O6S/c1-6-41-27(38)14-20-8-7-18(2)11-26(20)42-16-19-12-22(29-23(13-19)24(17-43-29)31(33,34)35)21-9-10-36-25(28(21)32)15-37-44(39,40)30(3,4)5/h7-13,15,17H,6,14,16H2,1-5H3. The maximum atomic E-state index is 15.8. The Bertz CT molecular complexity index is 1840. The molecule has 0 radical (unpaired) electrons. The van der Waals surface area contributed by atoms with Crippen molar-refractivity contribution in [3.05, 3.63) is 82.6 Å². The number of rotatable bonds is 9. The molecule has 0 aliphatic carbocycles. The molecule has 0 aliphatic heterocycles. The summed E-state index contributed by atoms with van der Waals surface area (Å²) in [5.74, 6) is -1.15. The Morgan fingerprint density at radius 1 is 1.09 bits per heavy atom. The number of furan rings is 1. The lowest BCUT2D eigenvalue weighted by Gasteiger charge is -2.15. The van der Waals surface area contributed by atoms with Gasteiger partial charge in [0.25, 0.3) is 10.0 Å². The molecule has 4 aromatic rings. The van der Waals surface area contributed by atoms with E-state index in [1.807, 2.05) is 6.92 Å². The van der Waals surface area contributed by atoms with E-state index in [0.29, 0.717) is 17.6 Å². The molecule has 2 heterocycles. The molecule has 0 bridgehead atoms. The molecule has 0 saturated heterocycles. The molecule has 2 aromatic carbocycles. The third-order valence-electron chi connectivity index (χ3n) is 6.59. The van der Waals surface area contributed by atoms with Gasteiger partial charge in [0, 0.05) is 28.3 Å². The Morgan fingerprint density at radius 2 is 1.82 bits per heavy atom. The molecule has 2 aromatic heterocycles. The first kappa shape index (κ1) is 32.6. The first-order chi connectivity index (χ1) is 20.5. The zero-order chi connectivity index (χ0) is 32.4. The van der Waals surface area contributed by atoms with Crippen molar-refractivity contribution < 1.29 is 44.7 Å². The van der Waals surface area contributed by atoms with Gasteiger partial charge in [0.05, 0.1) is 24.0 Å². The van der Waals surface area contributed by atoms with Crippen LogP contribution in [0, 0.1) is 12.7 Å². The van der Waals surface area contributed by atoms with E-state index in [1.54, 1.807) is 25.1 Å². The van der Waals surface area contributed by atoms with E-state index in [-0.39, 0.29) is 47.3 Å². The second-order valence-electron chi connectivity index (χ2n) is 10.9. The van der Waals surface area contributed by atoms with Gasteiger partial charge in [-0.05, 0) is 70.0 Å². The molecule has 13 heteroatoms. The summed E-state index contributed by atoms with van der Waals surface area (Å²) in [5.41, 5.74) is -0.398. The number of ether oxygens (including phenoxy) is 2. The van der Waals surface area contributed by atoms with Gasteiger partial charge in [-0.2, -0.15) is 17.6 Å². The molecular formula is C31H30F4N2O6S. The van der Waals surface area contributed by atoms with Crippen molar-refractivity contribution in [1.29, 1.82) is 0 Å². The summed E-state index contributed by atoms with van der Waals surface area (Å²) in [4.78, 5) is 16.0. The number of carbonyl (C=O) groups is 1. The van der Waals surface area contributed by atoms with E-state index in [9.17, 15) is 26.4 Å². The minimum atomic E-state index is -4.78. The molecular weight excluding hydrogens is 604 g/mol. The molecule has 234 valence electrons. The molecule has 0 saturated carbocycles. The van der Waals surface area contributed by atoms with Crippen molar-refractivity contribution in [3.8, 4) is 16.9 Å². The van der Waals surface area contributed by atoms with Crippen LogP contribution in [-0.4, -0.2) is 36.9 Å². The number of aryl methyl sites for hydroxylation is 1. The van der Waals surface area contributed by atoms with Crippen molar-refractivity contribution in [2.24, 2.45) is 4.40 Å². The van der Waals surface area contributed by atoms with Gasteiger partial charge in [0.2, 0.25) is 0 Å². The predicted octanol–water partition coefficient (Wildman–Crippen LogP) is 7.19. The molecule has 8 nitrogen and oxygen atoms in total. The molecule has 0 unspecified atom stereocenters. The molecule has 0 N–H and O–H groups in total. The smallest absolute Gasteiger partial charge is 0.420 e. The number of aromatic nitrogens is 1. The summed E-state index contributed by atoms with van der Waals surface area (Å²) in [7, 11) is -4.02. The van der Waals surface area contributed by atoms with E-state index in [2.05, 4.69) is 9.38 Å². The number of hydrogen-bond donors (Lipinski definition) is 0. The van der Waals surface area contributed by atoms with Gasteiger partial charge >= 0.3 is 12.1 Å². The van der Waals surface area contributed by atoms with Crippen molar-refractivity contribution in [3.63, 3.8) is 0 Å². The largest absolute Gasteiger partial charge is 0.489 e. The van der Waals surface area contributed by atoms with Crippen LogP contribution in [-0.2, 0) is 38.8 Å². The van der Waals surface area contributed by atoms with E-state index >= 15 is 4.39 Å². The zero-order valence-corrected chi connectivity index (χ0v) is 25.4. The third kappa shape index (κ3) is 7.09. The molecule has 0 atom stereocenters. The number of halogens is 4. The number of pyridine rings is 1. The van der Waals surface area contributed by atoms with Crippen molar-refractivity contribution in [2.75, 3.05) is 6.61 Å². The first-order valence-corrected chi connectivity index (χ1v) is 14.9. The van der Waals surface area contributed by atoms with E-state index in [0.717, 1.165) is 11.8 Å². The van der Waals surface area contributed by atoms with Gasteiger partial charge in [-0.15, -0.1) is 0 Å². The third-order valence-corrected chi connectivity index (χ3v) is 8.52. The lowest BCUT2D eigenvalue weighted by atomic mass is 9.98. The lowest BCUT2D eigenvalue weighted by Crippen LogP contribution is -2.25. The second kappa shape index (κ2) is 12.4. The fourth-order valence-corrected chi connectivity index (χ4v) is 4.76. The van der Waals surface area contributed by atoms with Crippen molar-refractivity contribution >= 4 is 33.2 Å². The maximum absolute atomic E-state index is 15.8. The number of alkyl halides is 3. The highest BCUT2D eigenvalue weighted by Crippen LogP contribution is 2.41. The fraction of sp³-hybridized carbons (Fsp3) is 0.323. The summed E-state index contributed by atoms with van der Waals surface area (Å²) in [5, 5.41) is -0.327. The van der Waals surface area contributed by atoms with Crippen LogP contribution in [0.15, 0.2) is 57.7 Å². The molecule has 0 spiro atoms. The Kier molecular flexibility index (Phi) is 9.19. The topological polar surface area (TPSA) is 108 Å². The van der Waals surface area contributed by atoms with Crippen LogP contribution in [0.4, 0.5) is 17.6 Å². The fourth-order valence-electron chi connectivity index (χ4n) is 4.21. The number of sulfonamides is 1. The number of fused-ring (bicyclic) bond motifs is 1. The predicted molar refractivity (Wildman–Crippen MR) is 157 cm³/mol. The highest BCUT2D eigenvalue weighted by atomic mass is 32.2. The zero-order valence-electron chi connectivity index (χ0n) is 24.6. The highest BCUT2D eigenvalue weighted by Gasteiger charge is 2.36. The summed E-state index contributed by atoms with van der Waals surface area (Å²) in [6.45, 7) is 7.73. The lowest BCUT2D eigenvalue weighted by molar-refractivity contribution is -0.142. The summed E-state index contributed by atoms with van der Waals surface area (Å²) in [6, 6.07) is 9.06. The number of esters is 1. The minimum Gasteiger partial charge on any atom is -0.489 e. The van der Waals surface area contributed by atoms with Gasteiger partial charge in [-0.25, -0.2) is 12.8 Å². The van der Waals surface area contributed by atoms with Crippen LogP contribution in [0.25, 0.3) is 22.1 Å². The summed E-state index contributed by atoms with van der Waals surface area (Å²) >= 11 is 0. The van der Waals surface area contributed by atoms with Crippen molar-refractivity contribution in [2.45, 2.75) is 58.6 Å². The quantitative estimate of drug-likeness (QED) is 0.109. The van der Waals surface area contributed by atoms with Crippen LogP contribution >= 0.6 is 0 Å². The second-order valence-corrected chi connectivity index (χ2v) is 13.3. The monoisotopic (exact) mass is 634 g/mol. The van der Waals surface area contributed by atoms with Gasteiger partial charge in [0.1, 0.15) is 35.5 Å². The normalized spacial score (nSPS) is 12.7. The van der Waals surface area contributed by atoms with Gasteiger partial charge in [-0.3, -0.25) is 9.78 Å². The van der Waals surface area contributed by atoms with Crippen molar-refractivity contribution in [1.82, 2.24) is 4.98 Å². The molecule has 44 heavy (non-hydrogen) atoms. The van der Waals surface area contributed by atoms with Crippen LogP contribution in [0.5, 0.6) is 5.75 Å². The summed E-state index contributed by atoms with van der Waals surface area (Å²) in [6.07, 6.45) is -2.36. The maximum Gasteiger partial charge on any atom is 0.420 e. The van der Waals surface area contributed by atoms with Crippen LogP contribution in [0.1, 0.15) is 55.6 Å². The average molecular weight is 635 g/mol. The Balaban J connectivity index is 1.80. The molecule has 4 rings (SSSR count). The highest BCUT2D eigenvalue weighted by molar-refractivity contribution is 7.91. The van der Waals surface area contributed by atoms with Crippen LogP contribution in [0.2, 0.25) is 0 Å². The van der Waals surface area contributed by atoms with E-state index < -0.39 is 44.0 Å². The summed E-state index contributed by atoms with van der Waals surface area (Å²) < 4.78 is 101. The molecule has 0 aliphatic rings.